The van der Waals surface area contributed by atoms with Crippen molar-refractivity contribution in [3.8, 4) is 11.5 Å². The number of hydrogen-bond donors (Lipinski definition) is 0. The Balaban J connectivity index is 1.34. The van der Waals surface area contributed by atoms with Crippen molar-refractivity contribution in [2.75, 3.05) is 0 Å². The van der Waals surface area contributed by atoms with Crippen LogP contribution in [-0.2, 0) is 5.66 Å². The number of aromatic nitrogens is 4. The molecule has 3 aliphatic rings. The van der Waals surface area contributed by atoms with Crippen LogP contribution in [0.1, 0.15) is 11.1 Å². The van der Waals surface area contributed by atoms with E-state index in [9.17, 15) is 0 Å². The summed E-state index contributed by atoms with van der Waals surface area (Å²) in [6.07, 6.45) is 4.63. The number of fused-ring (bicyclic) bond motifs is 4. The highest BCUT2D eigenvalue weighted by atomic mass is 16.5. The van der Waals surface area contributed by atoms with Gasteiger partial charge in [0.1, 0.15) is 33.7 Å². The molecule has 6 aromatic carbocycles. The molecule has 0 amide bonds. The number of ether oxygens (including phenoxy) is 1. The molecule has 1 spiro atoms. The summed E-state index contributed by atoms with van der Waals surface area (Å²) in [7, 11) is 0. The van der Waals surface area contributed by atoms with Crippen LogP contribution in [0.3, 0.4) is 0 Å². The number of rotatable bonds is 0. The lowest BCUT2D eigenvalue weighted by atomic mass is 9.80. The standard InChI is InChI=1S/C43H20N4O/c1-5-21-11-13-27-29-9-3-19-44-41(29)46-37(27)33(21)23(7-1)25-15-17-31-35(39(25)46)43(44)36-32(48-31)18-16-26-24-8-2-6-22-12-14-28-30-10-4-20-45(43)42(30)47(40(26)36)38(28)34(22)24/h1-20H/q+2. The second-order valence-corrected chi connectivity index (χ2v) is 14.1. The third kappa shape index (κ3) is 1.86. The largest absolute Gasteiger partial charge is 0.456 e. The monoisotopic (exact) mass is 608 g/mol. The highest BCUT2D eigenvalue weighted by Gasteiger charge is 2.63. The summed E-state index contributed by atoms with van der Waals surface area (Å²) in [6.45, 7) is 0. The van der Waals surface area contributed by atoms with E-state index in [2.05, 4.69) is 140 Å². The molecule has 0 fully saturated rings. The minimum atomic E-state index is -0.732. The second kappa shape index (κ2) is 6.53. The van der Waals surface area contributed by atoms with Crippen LogP contribution in [0.15, 0.2) is 122 Å². The molecule has 5 heteroatoms. The van der Waals surface area contributed by atoms with Gasteiger partial charge >= 0.3 is 5.66 Å². The van der Waals surface area contributed by atoms with Gasteiger partial charge in [-0.25, -0.2) is 0 Å². The predicted octanol–water partition coefficient (Wildman–Crippen LogP) is 8.90. The average Bonchev–Trinajstić information content (AvgIpc) is 3.67. The average molecular weight is 609 g/mol. The lowest BCUT2D eigenvalue weighted by Crippen LogP contribution is -2.77. The van der Waals surface area contributed by atoms with Crippen molar-refractivity contribution >= 4 is 98.0 Å². The Morgan fingerprint density at radius 1 is 0.417 bits per heavy atom. The van der Waals surface area contributed by atoms with Crippen LogP contribution in [-0.4, -0.2) is 8.80 Å². The van der Waals surface area contributed by atoms with E-state index in [1.54, 1.807) is 0 Å². The van der Waals surface area contributed by atoms with E-state index < -0.39 is 5.66 Å². The van der Waals surface area contributed by atoms with Crippen molar-refractivity contribution in [3.05, 3.63) is 133 Å². The van der Waals surface area contributed by atoms with E-state index in [1.807, 2.05) is 0 Å². The van der Waals surface area contributed by atoms with E-state index in [1.165, 1.54) is 109 Å². The first-order valence-corrected chi connectivity index (χ1v) is 16.7. The van der Waals surface area contributed by atoms with E-state index >= 15 is 0 Å². The summed E-state index contributed by atoms with van der Waals surface area (Å²) >= 11 is 0. The first-order chi connectivity index (χ1) is 23.8. The quantitative estimate of drug-likeness (QED) is 0.0959. The smallest absolute Gasteiger partial charge is 0.321 e. The molecule has 15 rings (SSSR count). The summed E-state index contributed by atoms with van der Waals surface area (Å²) < 4.78 is 17.4. The minimum absolute atomic E-state index is 0.732. The van der Waals surface area contributed by atoms with E-state index in [4.69, 9.17) is 4.74 Å². The Morgan fingerprint density at radius 3 is 1.40 bits per heavy atom. The minimum Gasteiger partial charge on any atom is -0.456 e. The molecule has 0 aliphatic carbocycles. The molecule has 0 saturated carbocycles. The maximum absolute atomic E-state index is 7.11. The van der Waals surface area contributed by atoms with Crippen molar-refractivity contribution < 1.29 is 13.9 Å². The summed E-state index contributed by atoms with van der Waals surface area (Å²) in [5.74, 6) is 1.83. The van der Waals surface area contributed by atoms with Crippen LogP contribution in [0.4, 0.5) is 0 Å². The summed E-state index contributed by atoms with van der Waals surface area (Å²) in [4.78, 5) is 0. The van der Waals surface area contributed by atoms with Gasteiger partial charge in [-0.15, -0.1) is 0 Å². The molecule has 0 unspecified atom stereocenters. The third-order valence-electron chi connectivity index (χ3n) is 12.3. The van der Waals surface area contributed by atoms with Gasteiger partial charge in [0.25, 0.3) is 11.3 Å². The zero-order valence-electron chi connectivity index (χ0n) is 25.2. The Morgan fingerprint density at radius 2 is 0.875 bits per heavy atom. The van der Waals surface area contributed by atoms with Gasteiger partial charge in [0.15, 0.2) is 11.0 Å². The number of nitrogens with zero attached hydrogens (tertiary/aromatic N) is 4. The molecule has 0 saturated heterocycles. The molecule has 0 atom stereocenters. The van der Waals surface area contributed by atoms with Crippen molar-refractivity contribution in [3.63, 3.8) is 0 Å². The molecule has 0 N–H and O–H groups in total. The fourth-order valence-electron chi connectivity index (χ4n) is 10.8. The number of pyridine rings is 4. The van der Waals surface area contributed by atoms with Crippen molar-refractivity contribution in [1.29, 1.82) is 0 Å². The fourth-order valence-corrected chi connectivity index (χ4v) is 10.8. The second-order valence-electron chi connectivity index (χ2n) is 14.1. The normalized spacial score (nSPS) is 15.4. The molecule has 48 heavy (non-hydrogen) atoms. The molecule has 3 aliphatic heterocycles. The summed E-state index contributed by atoms with van der Waals surface area (Å²) in [6, 6.07) is 41.0. The Bertz CT molecular complexity index is 3370. The van der Waals surface area contributed by atoms with Crippen LogP contribution >= 0.6 is 0 Å². The van der Waals surface area contributed by atoms with Gasteiger partial charge in [-0.05, 0) is 82.2 Å². The van der Waals surface area contributed by atoms with Gasteiger partial charge in [-0.1, -0.05) is 48.5 Å². The zero-order valence-corrected chi connectivity index (χ0v) is 25.2. The summed E-state index contributed by atoms with van der Waals surface area (Å²) in [5.41, 5.74) is 9.17. The molecular formula is C43H20N4O+2. The van der Waals surface area contributed by atoms with Gasteiger partial charge in [-0.3, -0.25) is 0 Å². The molecule has 12 aromatic rings. The van der Waals surface area contributed by atoms with Crippen molar-refractivity contribution in [2.24, 2.45) is 0 Å². The van der Waals surface area contributed by atoms with Crippen LogP contribution in [0.5, 0.6) is 11.5 Å². The molecular weight excluding hydrogens is 589 g/mol. The lowest BCUT2D eigenvalue weighted by Gasteiger charge is -2.39. The Kier molecular flexibility index (Phi) is 3.01. The maximum Gasteiger partial charge on any atom is 0.321 e. The van der Waals surface area contributed by atoms with Crippen LogP contribution in [0, 0.1) is 0 Å². The SMILES string of the molecule is c1cc2ccc3c4ccc[n+]5c4n4c6c7c(ccc6c(c1)c2c34)Oc1ccc2c3cccc4ccc6c8ccc[n+]9c8n(c2c1C759)c6c43. The highest BCUT2D eigenvalue weighted by molar-refractivity contribution is 6.30. The number of hydrogen-bond acceptors (Lipinski definition) is 1. The van der Waals surface area contributed by atoms with Gasteiger partial charge in [0.2, 0.25) is 0 Å². The van der Waals surface area contributed by atoms with Crippen LogP contribution in [0.25, 0.3) is 98.0 Å². The molecule has 9 heterocycles. The number of benzene rings is 6. The van der Waals surface area contributed by atoms with E-state index in [0.717, 1.165) is 11.5 Å². The van der Waals surface area contributed by atoms with Gasteiger partial charge < -0.3 is 4.74 Å². The van der Waals surface area contributed by atoms with Gasteiger partial charge in [0, 0.05) is 32.3 Å². The topological polar surface area (TPSA) is 25.8 Å². The molecule has 5 nitrogen and oxygen atoms in total. The Hall–Kier alpha value is -6.46. The van der Waals surface area contributed by atoms with Gasteiger partial charge in [0.05, 0.1) is 23.2 Å². The predicted molar refractivity (Wildman–Crippen MR) is 189 cm³/mol. The van der Waals surface area contributed by atoms with Crippen molar-refractivity contribution in [2.45, 2.75) is 5.66 Å². The maximum atomic E-state index is 7.11. The van der Waals surface area contributed by atoms with Crippen LogP contribution < -0.4 is 13.9 Å². The molecule has 0 radical (unpaired) electrons. The van der Waals surface area contributed by atoms with Crippen molar-refractivity contribution in [1.82, 2.24) is 8.80 Å². The van der Waals surface area contributed by atoms with E-state index in [0.29, 0.717) is 0 Å². The first-order valence-electron chi connectivity index (χ1n) is 16.7. The summed E-state index contributed by atoms with van der Waals surface area (Å²) in [5, 5.41) is 15.4. The first kappa shape index (κ1) is 22.1. The van der Waals surface area contributed by atoms with Gasteiger partial charge in [-0.2, -0.15) is 17.9 Å². The zero-order chi connectivity index (χ0) is 30.4. The van der Waals surface area contributed by atoms with E-state index in [-0.39, 0.29) is 0 Å². The molecule has 0 bridgehead atoms. The fraction of sp³-hybridized carbons (Fsp3) is 0.0233. The third-order valence-corrected chi connectivity index (χ3v) is 12.3. The Labute approximate surface area is 269 Å². The molecule has 6 aromatic heterocycles. The van der Waals surface area contributed by atoms with Crippen LogP contribution in [0.2, 0.25) is 0 Å². The molecule has 216 valence electrons. The lowest BCUT2D eigenvalue weighted by molar-refractivity contribution is -0.953. The highest BCUT2D eigenvalue weighted by Crippen LogP contribution is 2.57.